The maximum atomic E-state index is 12.5. The van der Waals surface area contributed by atoms with Gasteiger partial charge in [-0.05, 0) is 6.42 Å². The number of thioether (sulfide) groups is 1. The highest BCUT2D eigenvalue weighted by atomic mass is 32.2. The third kappa shape index (κ3) is 2.69. The van der Waals surface area contributed by atoms with Crippen molar-refractivity contribution in [1.29, 1.82) is 0 Å². The molecule has 3 aromatic heterocycles. The lowest BCUT2D eigenvalue weighted by molar-refractivity contribution is 0.594. The van der Waals surface area contributed by atoms with Gasteiger partial charge in [-0.15, -0.1) is 10.2 Å². The Morgan fingerprint density at radius 3 is 2.61 bits per heavy atom. The van der Waals surface area contributed by atoms with E-state index in [0.29, 0.717) is 24.1 Å². The van der Waals surface area contributed by atoms with E-state index in [1.807, 2.05) is 11.6 Å². The van der Waals surface area contributed by atoms with Gasteiger partial charge in [0.2, 0.25) is 0 Å². The average Bonchev–Trinajstić information content (AvgIpc) is 3.10. The third-order valence-corrected chi connectivity index (χ3v) is 4.75. The molecule has 23 heavy (non-hydrogen) atoms. The molecule has 3 heterocycles. The molecule has 9 nitrogen and oxygen atoms in total. The van der Waals surface area contributed by atoms with Gasteiger partial charge in [-0.1, -0.05) is 11.8 Å². The van der Waals surface area contributed by atoms with Gasteiger partial charge >= 0.3 is 5.69 Å². The van der Waals surface area contributed by atoms with Gasteiger partial charge in [0, 0.05) is 33.4 Å². The molecule has 0 aliphatic heterocycles. The van der Waals surface area contributed by atoms with Crippen molar-refractivity contribution in [2.75, 3.05) is 5.75 Å². The Labute approximate surface area is 135 Å². The summed E-state index contributed by atoms with van der Waals surface area (Å²) in [4.78, 5) is 29.0. The summed E-state index contributed by atoms with van der Waals surface area (Å²) in [7, 11) is 5.25. The summed E-state index contributed by atoms with van der Waals surface area (Å²) in [6.45, 7) is 0.359. The van der Waals surface area contributed by atoms with Gasteiger partial charge in [0.15, 0.2) is 16.3 Å². The molecule has 0 N–H and O–H groups in total. The smallest absolute Gasteiger partial charge is 0.328 e. The Balaban J connectivity index is 1.80. The molecule has 0 radical (unpaired) electrons. The number of imidazole rings is 1. The van der Waals surface area contributed by atoms with Gasteiger partial charge in [-0.2, -0.15) is 0 Å². The fourth-order valence-corrected chi connectivity index (χ4v) is 3.19. The molecule has 0 bridgehead atoms. The van der Waals surface area contributed by atoms with E-state index in [1.54, 1.807) is 43.1 Å². The van der Waals surface area contributed by atoms with Crippen LogP contribution in [0, 0.1) is 0 Å². The van der Waals surface area contributed by atoms with Gasteiger partial charge in [0.25, 0.3) is 5.56 Å². The predicted octanol–water partition coefficient (Wildman–Crippen LogP) is -0.255. The Kier molecular flexibility index (Phi) is 4.07. The van der Waals surface area contributed by atoms with Gasteiger partial charge < -0.3 is 9.13 Å². The summed E-state index contributed by atoms with van der Waals surface area (Å²) in [5.41, 5.74) is 0.205. The number of hydrogen-bond donors (Lipinski definition) is 0. The second-order valence-corrected chi connectivity index (χ2v) is 6.31. The molecule has 122 valence electrons. The largest absolute Gasteiger partial charge is 0.332 e. The van der Waals surface area contributed by atoms with Crippen LogP contribution in [-0.2, 0) is 27.7 Å². The molecule has 0 aliphatic carbocycles. The zero-order chi connectivity index (χ0) is 16.6. The van der Waals surface area contributed by atoms with Gasteiger partial charge in [0.1, 0.15) is 6.33 Å². The molecule has 10 heteroatoms. The zero-order valence-corrected chi connectivity index (χ0v) is 13.9. The first-order chi connectivity index (χ1) is 11.0. The van der Waals surface area contributed by atoms with Crippen LogP contribution in [0.5, 0.6) is 0 Å². The van der Waals surface area contributed by atoms with Crippen molar-refractivity contribution in [3.63, 3.8) is 0 Å². The van der Waals surface area contributed by atoms with Gasteiger partial charge in [-0.3, -0.25) is 13.9 Å². The predicted molar refractivity (Wildman–Crippen MR) is 86.6 cm³/mol. The number of aromatic nitrogens is 7. The van der Waals surface area contributed by atoms with E-state index in [9.17, 15) is 9.59 Å². The van der Waals surface area contributed by atoms with Gasteiger partial charge in [-0.25, -0.2) is 9.78 Å². The van der Waals surface area contributed by atoms with Crippen LogP contribution in [0.4, 0.5) is 0 Å². The topological polar surface area (TPSA) is 92.5 Å². The highest BCUT2D eigenvalue weighted by molar-refractivity contribution is 7.99. The number of hydrogen-bond acceptors (Lipinski definition) is 6. The first-order valence-corrected chi connectivity index (χ1v) is 8.07. The quantitative estimate of drug-likeness (QED) is 0.471. The molecule has 0 aromatic carbocycles. The number of rotatable bonds is 5. The van der Waals surface area contributed by atoms with Crippen LogP contribution >= 0.6 is 11.8 Å². The van der Waals surface area contributed by atoms with Crippen molar-refractivity contribution in [3.8, 4) is 0 Å². The van der Waals surface area contributed by atoms with Crippen LogP contribution < -0.4 is 11.2 Å². The first kappa shape index (κ1) is 15.5. The fourth-order valence-electron chi connectivity index (χ4n) is 2.38. The van der Waals surface area contributed by atoms with Crippen molar-refractivity contribution < 1.29 is 0 Å². The molecule has 3 rings (SSSR count). The maximum Gasteiger partial charge on any atom is 0.332 e. The minimum Gasteiger partial charge on any atom is -0.328 e. The Morgan fingerprint density at radius 1 is 1.13 bits per heavy atom. The van der Waals surface area contributed by atoms with E-state index in [0.717, 1.165) is 10.9 Å². The van der Waals surface area contributed by atoms with Crippen LogP contribution in [-0.4, -0.2) is 39.2 Å². The molecule has 3 aromatic rings. The maximum absolute atomic E-state index is 12.5. The summed E-state index contributed by atoms with van der Waals surface area (Å²) in [5, 5.41) is 8.61. The first-order valence-electron chi connectivity index (χ1n) is 7.08. The summed E-state index contributed by atoms with van der Waals surface area (Å²) in [6, 6.07) is 0. The van der Waals surface area contributed by atoms with Crippen molar-refractivity contribution >= 4 is 22.9 Å². The SMILES string of the molecule is Cn1cnnc1SCCCn1c(=O)c2c(ncn2C)n(C)c1=O. The summed E-state index contributed by atoms with van der Waals surface area (Å²) >= 11 is 1.54. The normalized spacial score (nSPS) is 11.4. The van der Waals surface area contributed by atoms with E-state index in [4.69, 9.17) is 0 Å². The Morgan fingerprint density at radius 2 is 1.91 bits per heavy atom. The zero-order valence-electron chi connectivity index (χ0n) is 13.1. The van der Waals surface area contributed by atoms with Crippen molar-refractivity contribution in [1.82, 2.24) is 33.4 Å². The molecular weight excluding hydrogens is 318 g/mol. The lowest BCUT2D eigenvalue weighted by Crippen LogP contribution is -2.39. The van der Waals surface area contributed by atoms with E-state index >= 15 is 0 Å². The van der Waals surface area contributed by atoms with E-state index in [1.165, 1.54) is 9.13 Å². The molecule has 0 unspecified atom stereocenters. The third-order valence-electron chi connectivity index (χ3n) is 3.63. The summed E-state index contributed by atoms with van der Waals surface area (Å²) in [5.74, 6) is 0.742. The van der Waals surface area contributed by atoms with Crippen molar-refractivity contribution in [3.05, 3.63) is 33.5 Å². The highest BCUT2D eigenvalue weighted by Crippen LogP contribution is 2.14. The lowest BCUT2D eigenvalue weighted by Gasteiger charge is -2.08. The summed E-state index contributed by atoms with van der Waals surface area (Å²) < 4.78 is 6.15. The molecule has 0 fully saturated rings. The molecule has 0 spiro atoms. The fraction of sp³-hybridized carbons (Fsp3) is 0.462. The minimum absolute atomic E-state index is 0.299. The second kappa shape index (κ2) is 6.03. The molecule has 0 saturated heterocycles. The number of nitrogens with zero attached hydrogens (tertiary/aromatic N) is 7. The van der Waals surface area contributed by atoms with Crippen LogP contribution in [0.1, 0.15) is 6.42 Å². The van der Waals surface area contributed by atoms with E-state index in [2.05, 4.69) is 15.2 Å². The minimum atomic E-state index is -0.343. The van der Waals surface area contributed by atoms with Crippen LogP contribution in [0.2, 0.25) is 0 Å². The number of aryl methyl sites for hydroxylation is 3. The van der Waals surface area contributed by atoms with Crippen molar-refractivity contribution in [2.24, 2.45) is 21.1 Å². The monoisotopic (exact) mass is 335 g/mol. The molecular formula is C13H17N7O2S. The van der Waals surface area contributed by atoms with Crippen LogP contribution in [0.3, 0.4) is 0 Å². The summed E-state index contributed by atoms with van der Waals surface area (Å²) in [6.07, 6.45) is 3.86. The number of fused-ring (bicyclic) bond motifs is 1. The van der Waals surface area contributed by atoms with E-state index < -0.39 is 0 Å². The average molecular weight is 335 g/mol. The molecule has 0 atom stereocenters. The lowest BCUT2D eigenvalue weighted by atomic mass is 10.4. The van der Waals surface area contributed by atoms with Crippen LogP contribution in [0.25, 0.3) is 11.2 Å². The second-order valence-electron chi connectivity index (χ2n) is 5.25. The van der Waals surface area contributed by atoms with Crippen LogP contribution in [0.15, 0.2) is 27.4 Å². The van der Waals surface area contributed by atoms with E-state index in [-0.39, 0.29) is 11.2 Å². The molecule has 0 amide bonds. The molecule has 0 saturated carbocycles. The molecule has 0 aliphatic rings. The van der Waals surface area contributed by atoms with Crippen molar-refractivity contribution in [2.45, 2.75) is 18.1 Å². The highest BCUT2D eigenvalue weighted by Gasteiger charge is 2.14. The standard InChI is InChI=1S/C13H17N7O2S/c1-17-7-14-10-9(17)11(21)20(13(22)19(10)3)5-4-6-23-12-16-15-8-18(12)2/h7-8H,4-6H2,1-3H3. The Bertz CT molecular complexity index is 965. The van der Waals surface area contributed by atoms with Gasteiger partial charge in [0.05, 0.1) is 6.33 Å². The Hall–Kier alpha value is -2.36.